The Hall–Kier alpha value is -2.16. The van der Waals surface area contributed by atoms with E-state index in [-0.39, 0.29) is 23.5 Å². The minimum atomic E-state index is -0.391. The molecule has 2 aromatic rings. The number of aromatic amines is 1. The predicted molar refractivity (Wildman–Crippen MR) is 83.7 cm³/mol. The van der Waals surface area contributed by atoms with Crippen LogP contribution >= 0.6 is 15.9 Å². The molecule has 1 aliphatic heterocycles. The van der Waals surface area contributed by atoms with Gasteiger partial charge in [0, 0.05) is 20.1 Å². The summed E-state index contributed by atoms with van der Waals surface area (Å²) in [6.07, 6.45) is 0. The Bertz CT molecular complexity index is 740. The fourth-order valence-corrected chi connectivity index (χ4v) is 3.10. The van der Waals surface area contributed by atoms with Gasteiger partial charge in [0.25, 0.3) is 5.91 Å². The van der Waals surface area contributed by atoms with E-state index in [4.69, 9.17) is 4.42 Å². The Labute approximate surface area is 140 Å². The van der Waals surface area contributed by atoms with Crippen molar-refractivity contribution in [3.8, 4) is 0 Å². The summed E-state index contributed by atoms with van der Waals surface area (Å²) in [7, 11) is 1.58. The number of carbonyl (C=O) groups is 2. The molecule has 2 atom stereocenters. The van der Waals surface area contributed by atoms with Crippen molar-refractivity contribution in [3.63, 3.8) is 0 Å². The SMILES string of the molecule is CNC(=O)[C@@H]1CN(C(=O)c2ccc(Br)o2)C[C@H]1c1n[nH]c(C)n1. The molecule has 0 unspecified atom stereocenters. The summed E-state index contributed by atoms with van der Waals surface area (Å²) < 4.78 is 5.80. The molecule has 9 heteroatoms. The van der Waals surface area contributed by atoms with E-state index in [1.54, 1.807) is 31.0 Å². The quantitative estimate of drug-likeness (QED) is 0.827. The van der Waals surface area contributed by atoms with E-state index in [0.29, 0.717) is 29.4 Å². The van der Waals surface area contributed by atoms with E-state index >= 15 is 0 Å². The molecule has 1 aliphatic rings. The zero-order chi connectivity index (χ0) is 16.6. The molecule has 3 heterocycles. The van der Waals surface area contributed by atoms with Crippen LogP contribution in [0, 0.1) is 12.8 Å². The highest BCUT2D eigenvalue weighted by Gasteiger charge is 2.42. The van der Waals surface area contributed by atoms with Crippen molar-refractivity contribution in [1.29, 1.82) is 0 Å². The van der Waals surface area contributed by atoms with E-state index in [1.165, 1.54) is 0 Å². The molecule has 23 heavy (non-hydrogen) atoms. The van der Waals surface area contributed by atoms with Gasteiger partial charge >= 0.3 is 0 Å². The monoisotopic (exact) mass is 381 g/mol. The van der Waals surface area contributed by atoms with Crippen LogP contribution in [-0.2, 0) is 4.79 Å². The van der Waals surface area contributed by atoms with Gasteiger partial charge in [-0.15, -0.1) is 0 Å². The molecule has 122 valence electrons. The first kappa shape index (κ1) is 15.7. The van der Waals surface area contributed by atoms with Crippen molar-refractivity contribution in [2.45, 2.75) is 12.8 Å². The second kappa shape index (κ2) is 6.15. The van der Waals surface area contributed by atoms with Gasteiger partial charge in [0.15, 0.2) is 16.3 Å². The first-order chi connectivity index (χ1) is 11.0. The molecular formula is C14H16BrN5O3. The van der Waals surface area contributed by atoms with E-state index in [1.807, 2.05) is 0 Å². The van der Waals surface area contributed by atoms with Crippen LogP contribution in [0.4, 0.5) is 0 Å². The molecule has 0 radical (unpaired) electrons. The van der Waals surface area contributed by atoms with Crippen molar-refractivity contribution in [1.82, 2.24) is 25.4 Å². The number of amides is 2. The molecule has 0 spiro atoms. The number of halogens is 1. The molecule has 1 fully saturated rings. The lowest BCUT2D eigenvalue weighted by Crippen LogP contribution is -2.33. The standard InChI is InChI=1S/C14H16BrN5O3/c1-7-17-12(19-18-7)8-5-20(6-9(8)13(21)16-2)14(22)10-3-4-11(15)23-10/h3-4,8-9H,5-6H2,1-2H3,(H,16,21)(H,17,18,19)/t8-,9-/m1/s1. The van der Waals surface area contributed by atoms with Gasteiger partial charge in [0.2, 0.25) is 5.91 Å². The van der Waals surface area contributed by atoms with Gasteiger partial charge in [-0.25, -0.2) is 4.98 Å². The number of nitrogens with one attached hydrogen (secondary N) is 2. The Kier molecular flexibility index (Phi) is 4.20. The number of aromatic nitrogens is 3. The third-order valence-electron chi connectivity index (χ3n) is 3.92. The second-order valence-corrected chi connectivity index (χ2v) is 6.20. The Morgan fingerprint density at radius 1 is 1.43 bits per heavy atom. The molecule has 2 amide bonds. The van der Waals surface area contributed by atoms with Gasteiger partial charge in [-0.05, 0) is 35.0 Å². The molecule has 8 nitrogen and oxygen atoms in total. The summed E-state index contributed by atoms with van der Waals surface area (Å²) in [5, 5.41) is 9.57. The highest BCUT2D eigenvalue weighted by molar-refractivity contribution is 9.10. The van der Waals surface area contributed by atoms with Crippen LogP contribution in [0.1, 0.15) is 28.1 Å². The number of nitrogens with zero attached hydrogens (tertiary/aromatic N) is 3. The number of rotatable bonds is 3. The number of carbonyl (C=O) groups excluding carboxylic acids is 2. The van der Waals surface area contributed by atoms with Gasteiger partial charge in [0.05, 0.1) is 11.8 Å². The molecule has 0 aliphatic carbocycles. The van der Waals surface area contributed by atoms with Crippen molar-refractivity contribution in [2.24, 2.45) is 5.92 Å². The van der Waals surface area contributed by atoms with Crippen LogP contribution in [0.3, 0.4) is 0 Å². The molecule has 1 saturated heterocycles. The Morgan fingerprint density at radius 2 is 2.22 bits per heavy atom. The Morgan fingerprint density at radius 3 is 2.78 bits per heavy atom. The maximum atomic E-state index is 12.5. The number of aryl methyl sites for hydroxylation is 1. The Balaban J connectivity index is 1.85. The average molecular weight is 382 g/mol. The van der Waals surface area contributed by atoms with Crippen LogP contribution in [0.5, 0.6) is 0 Å². The maximum absolute atomic E-state index is 12.5. The fourth-order valence-electron chi connectivity index (χ4n) is 2.79. The van der Waals surface area contributed by atoms with Gasteiger partial charge in [-0.2, -0.15) is 5.10 Å². The minimum absolute atomic E-state index is 0.131. The summed E-state index contributed by atoms with van der Waals surface area (Å²) >= 11 is 3.18. The molecule has 0 bridgehead atoms. The summed E-state index contributed by atoms with van der Waals surface area (Å²) in [6, 6.07) is 3.27. The summed E-state index contributed by atoms with van der Waals surface area (Å²) in [4.78, 5) is 30.6. The number of H-pyrrole nitrogens is 1. The predicted octanol–water partition coefficient (Wildman–Crippen LogP) is 1.07. The normalized spacial score (nSPS) is 20.7. The van der Waals surface area contributed by atoms with Crippen LogP contribution in [0.25, 0.3) is 0 Å². The largest absolute Gasteiger partial charge is 0.444 e. The lowest BCUT2D eigenvalue weighted by atomic mass is 9.94. The maximum Gasteiger partial charge on any atom is 0.289 e. The average Bonchev–Trinajstić information content (AvgIpc) is 3.24. The smallest absolute Gasteiger partial charge is 0.289 e. The number of hydrogen-bond acceptors (Lipinski definition) is 5. The number of hydrogen-bond donors (Lipinski definition) is 2. The van der Waals surface area contributed by atoms with Crippen molar-refractivity contribution in [2.75, 3.05) is 20.1 Å². The van der Waals surface area contributed by atoms with Gasteiger partial charge in [0.1, 0.15) is 5.82 Å². The molecule has 2 aromatic heterocycles. The molecule has 2 N–H and O–H groups in total. The second-order valence-electron chi connectivity index (χ2n) is 5.42. The first-order valence-corrected chi connectivity index (χ1v) is 7.94. The van der Waals surface area contributed by atoms with Crippen molar-refractivity contribution < 1.29 is 14.0 Å². The molecule has 3 rings (SSSR count). The van der Waals surface area contributed by atoms with Gasteiger partial charge in [-0.3, -0.25) is 14.7 Å². The molecule has 0 aromatic carbocycles. The van der Waals surface area contributed by atoms with E-state index in [0.717, 1.165) is 0 Å². The number of furan rings is 1. The summed E-state index contributed by atoms with van der Waals surface area (Å²) in [6.45, 7) is 2.46. The van der Waals surface area contributed by atoms with Crippen LogP contribution in [0.15, 0.2) is 21.2 Å². The zero-order valence-electron chi connectivity index (χ0n) is 12.7. The lowest BCUT2D eigenvalue weighted by Gasteiger charge is -2.14. The lowest BCUT2D eigenvalue weighted by molar-refractivity contribution is -0.124. The third kappa shape index (κ3) is 3.00. The molecular weight excluding hydrogens is 366 g/mol. The van der Waals surface area contributed by atoms with Crippen molar-refractivity contribution >= 4 is 27.7 Å². The summed E-state index contributed by atoms with van der Waals surface area (Å²) in [5.41, 5.74) is 0. The van der Waals surface area contributed by atoms with E-state index in [9.17, 15) is 9.59 Å². The van der Waals surface area contributed by atoms with E-state index < -0.39 is 5.92 Å². The number of likely N-dealkylation sites (tertiary alicyclic amines) is 1. The third-order valence-corrected chi connectivity index (χ3v) is 4.35. The highest BCUT2D eigenvalue weighted by atomic mass is 79.9. The van der Waals surface area contributed by atoms with Crippen LogP contribution in [0.2, 0.25) is 0 Å². The summed E-state index contributed by atoms with van der Waals surface area (Å²) in [5.74, 6) is 0.439. The topological polar surface area (TPSA) is 104 Å². The van der Waals surface area contributed by atoms with E-state index in [2.05, 4.69) is 36.4 Å². The van der Waals surface area contributed by atoms with Crippen LogP contribution < -0.4 is 5.32 Å². The zero-order valence-corrected chi connectivity index (χ0v) is 14.3. The molecule has 0 saturated carbocycles. The van der Waals surface area contributed by atoms with Crippen LogP contribution in [-0.4, -0.2) is 52.0 Å². The van der Waals surface area contributed by atoms with Crippen molar-refractivity contribution in [3.05, 3.63) is 34.2 Å². The van der Waals surface area contributed by atoms with Gasteiger partial charge in [-0.1, -0.05) is 0 Å². The fraction of sp³-hybridized carbons (Fsp3) is 0.429. The minimum Gasteiger partial charge on any atom is -0.444 e. The highest BCUT2D eigenvalue weighted by Crippen LogP contribution is 2.32. The van der Waals surface area contributed by atoms with Gasteiger partial charge < -0.3 is 14.6 Å². The first-order valence-electron chi connectivity index (χ1n) is 7.14.